The first-order valence-electron chi connectivity index (χ1n) is 8.09. The second-order valence-corrected chi connectivity index (χ2v) is 5.95. The third-order valence-electron chi connectivity index (χ3n) is 3.40. The molecule has 0 aromatic heterocycles. The minimum Gasteiger partial charge on any atom is -0.494 e. The molecule has 7 heteroatoms. The molecular formula is C19H19ClFNO4. The molecule has 1 N–H and O–H groups in total. The van der Waals surface area contributed by atoms with Crippen LogP contribution in [-0.4, -0.2) is 24.6 Å². The van der Waals surface area contributed by atoms with Crippen LogP contribution in [0.2, 0.25) is 5.02 Å². The third-order valence-corrected chi connectivity index (χ3v) is 3.64. The number of carbonyl (C=O) groups excluding carboxylic acids is 2. The standard InChI is InChI=1S/C19H19ClFNO4/c1-13(19(24)22-17-10-9-14(20)12-16(17)21)26-18(23)8-5-11-25-15-6-3-2-4-7-15/h2-4,6-7,9-10,12-13H,5,8,11H2,1H3,(H,22,24)/t13-/m0/s1. The zero-order valence-electron chi connectivity index (χ0n) is 14.2. The number of para-hydroxylation sites is 1. The highest BCUT2D eigenvalue weighted by Gasteiger charge is 2.19. The van der Waals surface area contributed by atoms with E-state index in [0.717, 1.165) is 11.8 Å². The molecule has 0 aliphatic rings. The summed E-state index contributed by atoms with van der Waals surface area (Å²) >= 11 is 5.65. The Kier molecular flexibility index (Phi) is 7.41. The lowest BCUT2D eigenvalue weighted by Crippen LogP contribution is -2.30. The molecular weight excluding hydrogens is 361 g/mol. The van der Waals surface area contributed by atoms with Crippen molar-refractivity contribution in [2.75, 3.05) is 11.9 Å². The fourth-order valence-electron chi connectivity index (χ4n) is 2.06. The van der Waals surface area contributed by atoms with Gasteiger partial charge in [0, 0.05) is 11.4 Å². The Hall–Kier alpha value is -2.60. The van der Waals surface area contributed by atoms with E-state index in [2.05, 4.69) is 5.32 Å². The summed E-state index contributed by atoms with van der Waals surface area (Å²) in [6.07, 6.45) is -0.485. The summed E-state index contributed by atoms with van der Waals surface area (Å²) in [4.78, 5) is 23.8. The topological polar surface area (TPSA) is 64.6 Å². The minimum absolute atomic E-state index is 0.0291. The number of amides is 1. The Balaban J connectivity index is 1.71. The molecule has 0 fully saturated rings. The predicted octanol–water partition coefficient (Wildman–Crippen LogP) is 4.21. The van der Waals surface area contributed by atoms with Crippen LogP contribution in [0.4, 0.5) is 10.1 Å². The van der Waals surface area contributed by atoms with Gasteiger partial charge in [-0.05, 0) is 43.7 Å². The smallest absolute Gasteiger partial charge is 0.306 e. The highest BCUT2D eigenvalue weighted by molar-refractivity contribution is 6.30. The zero-order chi connectivity index (χ0) is 18.9. The van der Waals surface area contributed by atoms with E-state index < -0.39 is 23.8 Å². The molecule has 1 amide bonds. The van der Waals surface area contributed by atoms with Crippen molar-refractivity contribution >= 4 is 29.2 Å². The number of benzene rings is 2. The van der Waals surface area contributed by atoms with Gasteiger partial charge in [0.25, 0.3) is 5.91 Å². The summed E-state index contributed by atoms with van der Waals surface area (Å²) in [7, 11) is 0. The van der Waals surface area contributed by atoms with Crippen LogP contribution < -0.4 is 10.1 Å². The molecule has 26 heavy (non-hydrogen) atoms. The van der Waals surface area contributed by atoms with Crippen LogP contribution in [0.1, 0.15) is 19.8 Å². The van der Waals surface area contributed by atoms with E-state index in [9.17, 15) is 14.0 Å². The average molecular weight is 380 g/mol. The van der Waals surface area contributed by atoms with Crippen molar-refractivity contribution in [3.8, 4) is 5.75 Å². The number of rotatable bonds is 8. The molecule has 0 heterocycles. The molecule has 0 aliphatic heterocycles. The number of hydrogen-bond donors (Lipinski definition) is 1. The molecule has 0 saturated carbocycles. The van der Waals surface area contributed by atoms with Gasteiger partial charge in [-0.3, -0.25) is 9.59 Å². The quantitative estimate of drug-likeness (QED) is 0.551. The van der Waals surface area contributed by atoms with E-state index >= 15 is 0 Å². The third kappa shape index (κ3) is 6.37. The van der Waals surface area contributed by atoms with Gasteiger partial charge >= 0.3 is 5.97 Å². The second kappa shape index (κ2) is 9.77. The second-order valence-electron chi connectivity index (χ2n) is 5.51. The number of ether oxygens (including phenoxy) is 2. The summed E-state index contributed by atoms with van der Waals surface area (Å²) < 4.78 is 24.2. The van der Waals surface area contributed by atoms with Crippen LogP contribution in [0.5, 0.6) is 5.75 Å². The van der Waals surface area contributed by atoms with Gasteiger partial charge in [-0.1, -0.05) is 29.8 Å². The fraction of sp³-hybridized carbons (Fsp3) is 0.263. The maximum atomic E-state index is 13.7. The monoisotopic (exact) mass is 379 g/mol. The molecule has 0 aliphatic carbocycles. The van der Waals surface area contributed by atoms with Gasteiger partial charge in [0.1, 0.15) is 11.6 Å². The Bertz CT molecular complexity index is 754. The molecule has 2 aromatic carbocycles. The van der Waals surface area contributed by atoms with E-state index in [1.807, 2.05) is 30.3 Å². The normalized spacial score (nSPS) is 11.5. The fourth-order valence-corrected chi connectivity index (χ4v) is 2.22. The highest BCUT2D eigenvalue weighted by Crippen LogP contribution is 2.19. The number of hydrogen-bond acceptors (Lipinski definition) is 4. The van der Waals surface area contributed by atoms with E-state index in [1.54, 1.807) is 0 Å². The summed E-state index contributed by atoms with van der Waals surface area (Å²) in [5.41, 5.74) is -0.0291. The molecule has 2 rings (SSSR count). The number of halogens is 2. The van der Waals surface area contributed by atoms with E-state index in [-0.39, 0.29) is 17.1 Å². The number of nitrogens with one attached hydrogen (secondary N) is 1. The molecule has 0 saturated heterocycles. The summed E-state index contributed by atoms with van der Waals surface area (Å²) in [6, 6.07) is 13.1. The molecule has 138 valence electrons. The van der Waals surface area contributed by atoms with Crippen molar-refractivity contribution in [3.05, 3.63) is 59.4 Å². The molecule has 0 unspecified atom stereocenters. The van der Waals surface area contributed by atoms with Crippen molar-refractivity contribution in [3.63, 3.8) is 0 Å². The summed E-state index contributed by atoms with van der Waals surface area (Å²) in [5.74, 6) is -1.10. The van der Waals surface area contributed by atoms with Crippen LogP contribution in [0.15, 0.2) is 48.5 Å². The summed E-state index contributed by atoms with van der Waals surface area (Å²) in [5, 5.41) is 2.58. The van der Waals surface area contributed by atoms with Crippen molar-refractivity contribution in [2.24, 2.45) is 0 Å². The number of esters is 1. The largest absolute Gasteiger partial charge is 0.494 e. The van der Waals surface area contributed by atoms with Crippen molar-refractivity contribution in [1.82, 2.24) is 0 Å². The van der Waals surface area contributed by atoms with E-state index in [4.69, 9.17) is 21.1 Å². The molecule has 0 spiro atoms. The molecule has 5 nitrogen and oxygen atoms in total. The Morgan fingerprint density at radius 3 is 2.62 bits per heavy atom. The molecule has 1 atom stereocenters. The maximum absolute atomic E-state index is 13.7. The Labute approximate surface area is 156 Å². The first-order chi connectivity index (χ1) is 12.5. The van der Waals surface area contributed by atoms with Gasteiger partial charge in [0.05, 0.1) is 12.3 Å². The Morgan fingerprint density at radius 2 is 1.92 bits per heavy atom. The highest BCUT2D eigenvalue weighted by atomic mass is 35.5. The zero-order valence-corrected chi connectivity index (χ0v) is 15.0. The van der Waals surface area contributed by atoms with Gasteiger partial charge < -0.3 is 14.8 Å². The number of anilines is 1. The SMILES string of the molecule is C[C@H](OC(=O)CCCOc1ccccc1)C(=O)Nc1ccc(Cl)cc1F. The first-order valence-corrected chi connectivity index (χ1v) is 8.47. The van der Waals surface area contributed by atoms with Gasteiger partial charge in [-0.15, -0.1) is 0 Å². The lowest BCUT2D eigenvalue weighted by Gasteiger charge is -2.14. The van der Waals surface area contributed by atoms with Crippen LogP contribution in [0, 0.1) is 5.82 Å². The molecule has 0 bridgehead atoms. The van der Waals surface area contributed by atoms with Crippen LogP contribution >= 0.6 is 11.6 Å². The van der Waals surface area contributed by atoms with Crippen LogP contribution in [0.25, 0.3) is 0 Å². The van der Waals surface area contributed by atoms with Gasteiger partial charge in [0.2, 0.25) is 0 Å². The summed E-state index contributed by atoms with van der Waals surface area (Å²) in [6.45, 7) is 1.78. The molecule has 2 aromatic rings. The number of carbonyl (C=O) groups is 2. The average Bonchev–Trinajstić information content (AvgIpc) is 2.62. The maximum Gasteiger partial charge on any atom is 0.306 e. The van der Waals surface area contributed by atoms with Gasteiger partial charge in [0.15, 0.2) is 6.10 Å². The van der Waals surface area contributed by atoms with Crippen molar-refractivity contribution in [1.29, 1.82) is 0 Å². The van der Waals surface area contributed by atoms with Gasteiger partial charge in [-0.2, -0.15) is 0 Å². The first kappa shape index (κ1) is 19.7. The van der Waals surface area contributed by atoms with Crippen molar-refractivity contribution in [2.45, 2.75) is 25.9 Å². The van der Waals surface area contributed by atoms with E-state index in [0.29, 0.717) is 13.0 Å². The lowest BCUT2D eigenvalue weighted by molar-refractivity contribution is -0.153. The van der Waals surface area contributed by atoms with E-state index in [1.165, 1.54) is 19.1 Å². The van der Waals surface area contributed by atoms with Crippen LogP contribution in [-0.2, 0) is 14.3 Å². The van der Waals surface area contributed by atoms with Crippen molar-refractivity contribution < 1.29 is 23.5 Å². The lowest BCUT2D eigenvalue weighted by atomic mass is 10.2. The Morgan fingerprint density at radius 1 is 1.19 bits per heavy atom. The van der Waals surface area contributed by atoms with Crippen LogP contribution in [0.3, 0.4) is 0 Å². The molecule has 0 radical (unpaired) electrons. The predicted molar refractivity (Wildman–Crippen MR) is 96.8 cm³/mol. The minimum atomic E-state index is -1.05. The van der Waals surface area contributed by atoms with Gasteiger partial charge in [-0.25, -0.2) is 4.39 Å².